The van der Waals surface area contributed by atoms with Gasteiger partial charge in [0.1, 0.15) is 18.1 Å². The van der Waals surface area contributed by atoms with Crippen molar-refractivity contribution in [1.82, 2.24) is 30.9 Å². The molecule has 8 N–H and O–H groups in total. The number of benzene rings is 1. The van der Waals surface area contributed by atoms with Crippen molar-refractivity contribution in [2.45, 2.75) is 64.2 Å². The Morgan fingerprint density at radius 3 is 2.39 bits per heavy atom. The number of aliphatic carboxylic acids is 1. The smallest absolute Gasteiger partial charge is 0.326 e. The number of fused-ring (bicyclic) bond motifs is 1. The zero-order chi connectivity index (χ0) is 27.8. The summed E-state index contributed by atoms with van der Waals surface area (Å²) in [6, 6.07) is 3.37. The van der Waals surface area contributed by atoms with E-state index < -0.39 is 47.9 Å². The third kappa shape index (κ3) is 7.19. The molecule has 12 nitrogen and oxygen atoms in total. The van der Waals surface area contributed by atoms with Gasteiger partial charge in [0.25, 0.3) is 0 Å². The number of nitrogens with zero attached hydrogens (tertiary/aromatic N) is 1. The van der Waals surface area contributed by atoms with E-state index in [1.165, 1.54) is 13.3 Å². The molecule has 204 valence electrons. The maximum absolute atomic E-state index is 13.1. The minimum absolute atomic E-state index is 0.0610. The van der Waals surface area contributed by atoms with Gasteiger partial charge in [-0.2, -0.15) is 0 Å². The second kappa shape index (κ2) is 12.9. The van der Waals surface area contributed by atoms with Gasteiger partial charge in [-0.1, -0.05) is 38.5 Å². The van der Waals surface area contributed by atoms with E-state index >= 15 is 0 Å². The van der Waals surface area contributed by atoms with Crippen LogP contribution < -0.4 is 21.7 Å². The van der Waals surface area contributed by atoms with Crippen LogP contribution in [0.15, 0.2) is 43.0 Å². The predicted octanol–water partition coefficient (Wildman–Crippen LogP) is 0.609. The van der Waals surface area contributed by atoms with Gasteiger partial charge in [0.2, 0.25) is 17.7 Å². The van der Waals surface area contributed by atoms with Crippen molar-refractivity contribution in [3.05, 3.63) is 54.2 Å². The Labute approximate surface area is 220 Å². The maximum atomic E-state index is 13.1. The van der Waals surface area contributed by atoms with E-state index in [2.05, 4.69) is 30.9 Å². The summed E-state index contributed by atoms with van der Waals surface area (Å²) in [4.78, 5) is 60.4. The highest BCUT2D eigenvalue weighted by atomic mass is 16.4. The molecule has 5 atom stereocenters. The summed E-state index contributed by atoms with van der Waals surface area (Å²) < 4.78 is 0. The van der Waals surface area contributed by atoms with E-state index in [0.29, 0.717) is 12.1 Å². The fraction of sp³-hybridized carbons (Fsp3) is 0.423. The highest BCUT2D eigenvalue weighted by molar-refractivity contribution is 5.94. The quantitative estimate of drug-likeness (QED) is 0.170. The van der Waals surface area contributed by atoms with Crippen LogP contribution in [0.4, 0.5) is 0 Å². The lowest BCUT2D eigenvalue weighted by Gasteiger charge is -2.26. The van der Waals surface area contributed by atoms with E-state index in [9.17, 15) is 24.3 Å². The van der Waals surface area contributed by atoms with Gasteiger partial charge in [-0.25, -0.2) is 9.78 Å². The van der Waals surface area contributed by atoms with Crippen molar-refractivity contribution in [1.29, 1.82) is 0 Å². The number of aromatic amines is 2. The number of hydrogen-bond donors (Lipinski definition) is 7. The number of nitrogens with one attached hydrogen (secondary N) is 5. The molecule has 0 bridgehead atoms. The fourth-order valence-electron chi connectivity index (χ4n) is 4.07. The topological polar surface area (TPSA) is 195 Å². The fourth-order valence-corrected chi connectivity index (χ4v) is 4.07. The summed E-state index contributed by atoms with van der Waals surface area (Å²) in [6.45, 7) is 5.13. The number of carbonyl (C=O) groups excluding carboxylic acids is 3. The molecular weight excluding hydrogens is 490 g/mol. The number of nitrogens with two attached hydrogens (primary N) is 1. The molecule has 3 aromatic rings. The summed E-state index contributed by atoms with van der Waals surface area (Å²) in [5.74, 6) is -3.18. The lowest BCUT2D eigenvalue weighted by molar-refractivity contribution is -0.142. The van der Waals surface area contributed by atoms with Gasteiger partial charge in [-0.3, -0.25) is 14.4 Å². The zero-order valence-corrected chi connectivity index (χ0v) is 21.7. The van der Waals surface area contributed by atoms with Crippen LogP contribution in [0.1, 0.15) is 38.4 Å². The predicted molar refractivity (Wildman–Crippen MR) is 141 cm³/mol. The second-order valence-corrected chi connectivity index (χ2v) is 9.45. The molecule has 2 heterocycles. The Kier molecular flexibility index (Phi) is 9.61. The Morgan fingerprint density at radius 1 is 1.00 bits per heavy atom. The molecule has 0 fully saturated rings. The first-order chi connectivity index (χ1) is 18.1. The molecule has 0 aliphatic heterocycles. The summed E-state index contributed by atoms with van der Waals surface area (Å²) in [5, 5.41) is 18.4. The molecule has 0 saturated carbocycles. The molecule has 3 rings (SSSR count). The van der Waals surface area contributed by atoms with Gasteiger partial charge in [0.05, 0.1) is 12.4 Å². The number of aromatic nitrogens is 3. The van der Waals surface area contributed by atoms with Gasteiger partial charge >= 0.3 is 5.97 Å². The molecule has 0 aliphatic carbocycles. The van der Waals surface area contributed by atoms with Crippen LogP contribution in [-0.4, -0.2) is 67.9 Å². The molecule has 5 unspecified atom stereocenters. The minimum atomic E-state index is -1.20. The first-order valence-electron chi connectivity index (χ1n) is 12.5. The van der Waals surface area contributed by atoms with Crippen molar-refractivity contribution in [3.63, 3.8) is 0 Å². The van der Waals surface area contributed by atoms with E-state index in [4.69, 9.17) is 5.73 Å². The Hall–Kier alpha value is -4.19. The summed E-state index contributed by atoms with van der Waals surface area (Å²) in [6.07, 6.45) is 5.62. The Balaban J connectivity index is 1.61. The summed E-state index contributed by atoms with van der Waals surface area (Å²) in [7, 11) is 0. The third-order valence-corrected chi connectivity index (χ3v) is 6.59. The van der Waals surface area contributed by atoms with Crippen LogP contribution in [0.3, 0.4) is 0 Å². The Bertz CT molecular complexity index is 1260. The maximum Gasteiger partial charge on any atom is 0.326 e. The number of carboxylic acids is 1. The van der Waals surface area contributed by atoms with Crippen LogP contribution in [0.5, 0.6) is 0 Å². The van der Waals surface area contributed by atoms with Crippen LogP contribution in [0.2, 0.25) is 0 Å². The number of para-hydroxylation sites is 1. The van der Waals surface area contributed by atoms with Crippen LogP contribution in [-0.2, 0) is 32.0 Å². The second-order valence-electron chi connectivity index (χ2n) is 9.45. The molecule has 0 spiro atoms. The molecule has 12 heteroatoms. The van der Waals surface area contributed by atoms with Gasteiger partial charge in [-0.15, -0.1) is 0 Å². The first kappa shape index (κ1) is 28.4. The molecule has 0 saturated heterocycles. The largest absolute Gasteiger partial charge is 0.480 e. The zero-order valence-electron chi connectivity index (χ0n) is 21.7. The highest BCUT2D eigenvalue weighted by Crippen LogP contribution is 2.19. The van der Waals surface area contributed by atoms with Crippen molar-refractivity contribution >= 4 is 34.6 Å². The molecular formula is C26H35N7O5. The first-order valence-corrected chi connectivity index (χ1v) is 12.5. The number of imidazole rings is 1. The Morgan fingerprint density at radius 2 is 1.74 bits per heavy atom. The average Bonchev–Trinajstić information content (AvgIpc) is 3.56. The van der Waals surface area contributed by atoms with Gasteiger partial charge in [0, 0.05) is 41.8 Å². The SMILES string of the molecule is CCC(C)C(NC(=O)C(N)Cc1cnc[nH]1)C(=O)NC(C)C(=O)NC(Cc1c[nH]c2ccccc12)C(=O)O. The van der Waals surface area contributed by atoms with Gasteiger partial charge in [0.15, 0.2) is 0 Å². The van der Waals surface area contributed by atoms with Crippen molar-refractivity contribution in [2.75, 3.05) is 0 Å². The monoisotopic (exact) mass is 525 g/mol. The van der Waals surface area contributed by atoms with E-state index in [1.807, 2.05) is 31.2 Å². The van der Waals surface area contributed by atoms with Crippen LogP contribution in [0.25, 0.3) is 10.9 Å². The number of carbonyl (C=O) groups is 4. The lowest BCUT2D eigenvalue weighted by atomic mass is 9.97. The molecule has 1 aromatic carbocycles. The minimum Gasteiger partial charge on any atom is -0.480 e. The van der Waals surface area contributed by atoms with Gasteiger partial charge < -0.3 is 36.8 Å². The summed E-state index contributed by atoms with van der Waals surface area (Å²) in [5.41, 5.74) is 8.30. The van der Waals surface area contributed by atoms with Crippen LogP contribution >= 0.6 is 0 Å². The van der Waals surface area contributed by atoms with E-state index in [1.54, 1.807) is 19.3 Å². The molecule has 0 radical (unpaired) electrons. The van der Waals surface area contributed by atoms with Crippen molar-refractivity contribution < 1.29 is 24.3 Å². The normalized spacial score (nSPS) is 15.2. The number of carboxylic acid groups (broad SMARTS) is 1. The molecule has 2 aromatic heterocycles. The number of hydrogen-bond acceptors (Lipinski definition) is 6. The number of rotatable bonds is 13. The lowest BCUT2D eigenvalue weighted by Crippen LogP contribution is -2.58. The highest BCUT2D eigenvalue weighted by Gasteiger charge is 2.31. The van der Waals surface area contributed by atoms with Crippen LogP contribution in [0, 0.1) is 5.92 Å². The number of amides is 3. The standard InChI is InChI=1S/C26H35N7O5/c1-4-14(2)22(33-24(35)19(27)10-17-12-28-13-30-17)25(36)31-15(3)23(34)32-21(26(37)38)9-16-11-29-20-8-6-5-7-18(16)20/h5-8,11-15,19,21-22,29H,4,9-10,27H2,1-3H3,(H,28,30)(H,31,36)(H,32,34)(H,33,35)(H,37,38). The average molecular weight is 526 g/mol. The molecule has 38 heavy (non-hydrogen) atoms. The van der Waals surface area contributed by atoms with Crippen molar-refractivity contribution in [2.24, 2.45) is 11.7 Å². The van der Waals surface area contributed by atoms with Gasteiger partial charge in [-0.05, 0) is 24.5 Å². The van der Waals surface area contributed by atoms with Crippen molar-refractivity contribution in [3.8, 4) is 0 Å². The molecule has 3 amide bonds. The number of H-pyrrole nitrogens is 2. The van der Waals surface area contributed by atoms with E-state index in [-0.39, 0.29) is 18.8 Å². The van der Waals surface area contributed by atoms with E-state index in [0.717, 1.165) is 16.5 Å². The third-order valence-electron chi connectivity index (χ3n) is 6.59. The molecule has 0 aliphatic rings. The summed E-state index contributed by atoms with van der Waals surface area (Å²) >= 11 is 0.